The molecular formula is C11H12ClNO2S2. The minimum atomic E-state index is -3.31. The van der Waals surface area contributed by atoms with Crippen LogP contribution in [0.25, 0.3) is 10.9 Å². The van der Waals surface area contributed by atoms with Crippen molar-refractivity contribution in [3.63, 3.8) is 0 Å². The lowest BCUT2D eigenvalue weighted by Crippen LogP contribution is -2.17. The summed E-state index contributed by atoms with van der Waals surface area (Å²) in [4.78, 5) is 0. The van der Waals surface area contributed by atoms with Crippen LogP contribution in [0, 0.1) is 0 Å². The molecule has 1 atom stereocenters. The van der Waals surface area contributed by atoms with Gasteiger partial charge in [-0.1, -0.05) is 18.2 Å². The first kappa shape index (κ1) is 12.8. The number of rotatable bonds is 4. The van der Waals surface area contributed by atoms with E-state index in [0.717, 1.165) is 17.0 Å². The zero-order valence-corrected chi connectivity index (χ0v) is 11.6. The minimum absolute atomic E-state index is 0.344. The van der Waals surface area contributed by atoms with Gasteiger partial charge in [0.25, 0.3) is 0 Å². The van der Waals surface area contributed by atoms with Gasteiger partial charge in [-0.15, -0.1) is 11.6 Å². The summed E-state index contributed by atoms with van der Waals surface area (Å²) in [5.74, 6) is 0.344. The molecule has 0 N–H and O–H groups in total. The second-order valence-electron chi connectivity index (χ2n) is 3.82. The molecule has 0 aliphatic heterocycles. The van der Waals surface area contributed by atoms with E-state index in [-0.39, 0.29) is 0 Å². The third-order valence-corrected chi connectivity index (χ3v) is 6.50. The fraction of sp³-hybridized carbons (Fsp3) is 0.364. The number of alkyl halides is 1. The van der Waals surface area contributed by atoms with Crippen LogP contribution in [0.3, 0.4) is 0 Å². The average molecular weight is 290 g/mol. The lowest BCUT2D eigenvalue weighted by Gasteiger charge is -2.09. The highest BCUT2D eigenvalue weighted by Crippen LogP contribution is 2.30. The standard InChI is InChI=1S/C11H12ClNO2S2/c1-8(6-7-12)17(14,15)11-9-4-2-3-5-10(9)13-16-11/h2-5,8H,6-7H2,1H3. The molecule has 0 radical (unpaired) electrons. The molecule has 0 bridgehead atoms. The van der Waals surface area contributed by atoms with E-state index in [4.69, 9.17) is 11.6 Å². The topological polar surface area (TPSA) is 47.0 Å². The van der Waals surface area contributed by atoms with E-state index in [9.17, 15) is 8.42 Å². The number of hydrogen-bond acceptors (Lipinski definition) is 4. The van der Waals surface area contributed by atoms with Gasteiger partial charge in [-0.3, -0.25) is 0 Å². The van der Waals surface area contributed by atoms with Crippen molar-refractivity contribution in [2.24, 2.45) is 0 Å². The van der Waals surface area contributed by atoms with Gasteiger partial charge in [0.2, 0.25) is 0 Å². The summed E-state index contributed by atoms with van der Waals surface area (Å²) in [6.45, 7) is 1.69. The molecule has 1 unspecified atom stereocenters. The van der Waals surface area contributed by atoms with Crippen LogP contribution < -0.4 is 0 Å². The van der Waals surface area contributed by atoms with Crippen molar-refractivity contribution in [1.29, 1.82) is 0 Å². The number of hydrogen-bond donors (Lipinski definition) is 0. The number of halogens is 1. The Labute approximate surface area is 110 Å². The zero-order valence-electron chi connectivity index (χ0n) is 9.26. The number of benzene rings is 1. The Hall–Kier alpha value is -0.650. The van der Waals surface area contributed by atoms with Crippen LogP contribution in [0.15, 0.2) is 28.5 Å². The minimum Gasteiger partial charge on any atom is -0.223 e. The summed E-state index contributed by atoms with van der Waals surface area (Å²) in [6, 6.07) is 7.28. The summed E-state index contributed by atoms with van der Waals surface area (Å²) in [5.41, 5.74) is 0.731. The van der Waals surface area contributed by atoms with Crippen LogP contribution in [0.5, 0.6) is 0 Å². The predicted octanol–water partition coefficient (Wildman–Crippen LogP) is 3.09. The summed E-state index contributed by atoms with van der Waals surface area (Å²) < 4.78 is 29.1. The first-order valence-corrected chi connectivity index (χ1v) is 8.07. The Morgan fingerprint density at radius 3 is 2.82 bits per heavy atom. The van der Waals surface area contributed by atoms with Gasteiger partial charge in [0, 0.05) is 11.3 Å². The zero-order chi connectivity index (χ0) is 12.5. The van der Waals surface area contributed by atoms with Crippen molar-refractivity contribution < 1.29 is 8.42 Å². The van der Waals surface area contributed by atoms with E-state index in [0.29, 0.717) is 21.9 Å². The van der Waals surface area contributed by atoms with Crippen molar-refractivity contribution in [2.75, 3.05) is 5.88 Å². The number of sulfone groups is 1. The largest absolute Gasteiger partial charge is 0.223 e. The lowest BCUT2D eigenvalue weighted by atomic mass is 10.3. The van der Waals surface area contributed by atoms with Crippen molar-refractivity contribution in [1.82, 2.24) is 4.37 Å². The molecule has 0 fully saturated rings. The van der Waals surface area contributed by atoms with Crippen LogP contribution in [-0.2, 0) is 9.84 Å². The maximum Gasteiger partial charge on any atom is 0.192 e. The van der Waals surface area contributed by atoms with Gasteiger partial charge in [-0.2, -0.15) is 4.37 Å². The van der Waals surface area contributed by atoms with E-state index < -0.39 is 15.1 Å². The van der Waals surface area contributed by atoms with Crippen molar-refractivity contribution in [3.05, 3.63) is 24.3 Å². The highest BCUT2D eigenvalue weighted by molar-refractivity contribution is 7.94. The molecule has 2 rings (SSSR count). The second-order valence-corrected chi connectivity index (χ2v) is 7.53. The Morgan fingerprint density at radius 1 is 1.41 bits per heavy atom. The monoisotopic (exact) mass is 289 g/mol. The van der Waals surface area contributed by atoms with Crippen LogP contribution in [0.4, 0.5) is 0 Å². The predicted molar refractivity (Wildman–Crippen MR) is 71.6 cm³/mol. The molecule has 0 saturated heterocycles. The number of nitrogens with zero attached hydrogens (tertiary/aromatic N) is 1. The molecule has 1 aromatic heterocycles. The van der Waals surface area contributed by atoms with E-state index in [2.05, 4.69) is 4.37 Å². The molecule has 0 saturated carbocycles. The quantitative estimate of drug-likeness (QED) is 0.813. The van der Waals surface area contributed by atoms with Crippen molar-refractivity contribution >= 4 is 43.9 Å². The Balaban J connectivity index is 2.53. The molecule has 92 valence electrons. The van der Waals surface area contributed by atoms with Gasteiger partial charge >= 0.3 is 0 Å². The summed E-state index contributed by atoms with van der Waals surface area (Å²) in [6.07, 6.45) is 0.454. The average Bonchev–Trinajstić information content (AvgIpc) is 2.73. The van der Waals surface area contributed by atoms with E-state index in [1.807, 2.05) is 18.2 Å². The van der Waals surface area contributed by atoms with Gasteiger partial charge in [-0.05, 0) is 30.9 Å². The molecule has 0 spiro atoms. The molecule has 1 heterocycles. The van der Waals surface area contributed by atoms with E-state index in [1.165, 1.54) is 0 Å². The van der Waals surface area contributed by atoms with Crippen LogP contribution in [-0.4, -0.2) is 23.9 Å². The normalized spacial score (nSPS) is 14.0. The van der Waals surface area contributed by atoms with Crippen LogP contribution in [0.2, 0.25) is 0 Å². The van der Waals surface area contributed by atoms with Gasteiger partial charge in [0.1, 0.15) is 4.21 Å². The maximum atomic E-state index is 12.3. The molecular weight excluding hydrogens is 278 g/mol. The highest BCUT2D eigenvalue weighted by Gasteiger charge is 2.26. The van der Waals surface area contributed by atoms with Crippen molar-refractivity contribution in [2.45, 2.75) is 22.8 Å². The van der Waals surface area contributed by atoms with E-state index >= 15 is 0 Å². The Bertz CT molecular complexity index is 621. The molecule has 2 aromatic rings. The fourth-order valence-electron chi connectivity index (χ4n) is 1.56. The lowest BCUT2D eigenvalue weighted by molar-refractivity contribution is 0.584. The Morgan fingerprint density at radius 2 is 2.12 bits per heavy atom. The summed E-state index contributed by atoms with van der Waals surface area (Å²) in [5, 5.41) is 0.239. The third-order valence-electron chi connectivity index (χ3n) is 2.65. The summed E-state index contributed by atoms with van der Waals surface area (Å²) >= 11 is 6.65. The molecule has 1 aromatic carbocycles. The van der Waals surface area contributed by atoms with Gasteiger partial charge in [0.05, 0.1) is 10.8 Å². The molecule has 6 heteroatoms. The van der Waals surface area contributed by atoms with Crippen molar-refractivity contribution in [3.8, 4) is 0 Å². The summed E-state index contributed by atoms with van der Waals surface area (Å²) in [7, 11) is -3.31. The highest BCUT2D eigenvalue weighted by atomic mass is 35.5. The Kier molecular flexibility index (Phi) is 3.70. The molecule has 0 aliphatic carbocycles. The van der Waals surface area contributed by atoms with Crippen LogP contribution >= 0.6 is 23.1 Å². The maximum absolute atomic E-state index is 12.3. The molecule has 0 amide bonds. The first-order chi connectivity index (χ1) is 8.07. The first-order valence-electron chi connectivity index (χ1n) is 5.21. The second kappa shape index (κ2) is 4.92. The van der Waals surface area contributed by atoms with Gasteiger partial charge in [0.15, 0.2) is 9.84 Å². The van der Waals surface area contributed by atoms with Gasteiger partial charge < -0.3 is 0 Å². The number of fused-ring (bicyclic) bond motifs is 1. The fourth-order valence-corrected chi connectivity index (χ4v) is 4.92. The van der Waals surface area contributed by atoms with E-state index in [1.54, 1.807) is 13.0 Å². The molecule has 17 heavy (non-hydrogen) atoms. The number of aromatic nitrogens is 1. The smallest absolute Gasteiger partial charge is 0.192 e. The SMILES string of the molecule is CC(CCCl)S(=O)(=O)c1snc2ccccc12. The van der Waals surface area contributed by atoms with Gasteiger partial charge in [-0.25, -0.2) is 8.42 Å². The van der Waals surface area contributed by atoms with Crippen LogP contribution in [0.1, 0.15) is 13.3 Å². The molecule has 3 nitrogen and oxygen atoms in total. The molecule has 0 aliphatic rings. The third kappa shape index (κ3) is 2.32.